The first-order valence-corrected chi connectivity index (χ1v) is 11.8. The normalized spacial score (nSPS) is 11.6. The Balaban J connectivity index is 1.85. The highest BCUT2D eigenvalue weighted by atomic mass is 16.4. The van der Waals surface area contributed by atoms with E-state index in [0.29, 0.717) is 12.1 Å². The summed E-state index contributed by atoms with van der Waals surface area (Å²) in [5, 5.41) is 14.2. The van der Waals surface area contributed by atoms with Gasteiger partial charge in [-0.3, -0.25) is 4.57 Å². The van der Waals surface area contributed by atoms with Gasteiger partial charge in [0.05, 0.1) is 17.6 Å². The first kappa shape index (κ1) is 24.5. The Hall–Kier alpha value is -3.15. The second kappa shape index (κ2) is 10.6. The van der Waals surface area contributed by atoms with Crippen molar-refractivity contribution in [2.75, 3.05) is 0 Å². The van der Waals surface area contributed by atoms with Crippen LogP contribution in [0.25, 0.3) is 11.1 Å². The Morgan fingerprint density at radius 3 is 2.27 bits per heavy atom. The quantitative estimate of drug-likeness (QED) is 0.401. The summed E-state index contributed by atoms with van der Waals surface area (Å²) in [6.45, 7) is 8.62. The number of hydrogen-bond acceptors (Lipinski definition) is 3. The molecule has 0 saturated heterocycles. The fourth-order valence-corrected chi connectivity index (χ4v) is 4.00. The molecule has 0 fully saturated rings. The van der Waals surface area contributed by atoms with Gasteiger partial charge in [-0.2, -0.15) is 5.10 Å². The fraction of sp³-hybridized carbons (Fsp3) is 0.444. The van der Waals surface area contributed by atoms with Crippen LogP contribution in [0.4, 0.5) is 0 Å². The third-order valence-electron chi connectivity index (χ3n) is 5.84. The van der Waals surface area contributed by atoms with Gasteiger partial charge in [-0.05, 0) is 49.9 Å². The first-order valence-electron chi connectivity index (χ1n) is 11.8. The van der Waals surface area contributed by atoms with Gasteiger partial charge in [0.1, 0.15) is 5.82 Å². The highest BCUT2D eigenvalue weighted by Crippen LogP contribution is 2.24. The third-order valence-corrected chi connectivity index (χ3v) is 5.84. The average molecular weight is 450 g/mol. The molecule has 0 amide bonds. The van der Waals surface area contributed by atoms with Crippen molar-refractivity contribution < 1.29 is 9.90 Å². The average Bonchev–Trinajstić information content (AvgIpc) is 3.10. The summed E-state index contributed by atoms with van der Waals surface area (Å²) in [5.41, 5.74) is 2.30. The van der Waals surface area contributed by atoms with Crippen molar-refractivity contribution in [2.24, 2.45) is 0 Å². The van der Waals surface area contributed by atoms with E-state index in [2.05, 4.69) is 6.92 Å². The largest absolute Gasteiger partial charge is 0.478 e. The molecule has 3 rings (SSSR count). The third kappa shape index (κ3) is 6.01. The molecule has 6 heteroatoms. The number of hydrogen-bond donors (Lipinski definition) is 1. The maximum absolute atomic E-state index is 13.2. The number of carboxylic acids is 1. The molecule has 176 valence electrons. The van der Waals surface area contributed by atoms with Crippen LogP contribution in [0.2, 0.25) is 0 Å². The summed E-state index contributed by atoms with van der Waals surface area (Å²) in [6, 6.07) is 14.7. The number of aromatic carboxylic acids is 1. The number of benzene rings is 2. The van der Waals surface area contributed by atoms with Crippen molar-refractivity contribution in [1.82, 2.24) is 14.3 Å². The standard InChI is InChI=1S/C27H35N3O3/c1-5-6-7-8-9-14-24-28-30(27(2,3)4)26(33)29(24)19-20-15-17-21(18-16-20)22-12-10-11-13-23(22)25(31)32/h10-13,15-18H,5-9,14,19H2,1-4H3,(H,31,32). The van der Waals surface area contributed by atoms with Crippen molar-refractivity contribution in [3.05, 3.63) is 76.0 Å². The number of nitrogens with zero attached hydrogens (tertiary/aromatic N) is 3. The highest BCUT2D eigenvalue weighted by molar-refractivity contribution is 5.95. The number of aromatic nitrogens is 3. The summed E-state index contributed by atoms with van der Waals surface area (Å²) in [4.78, 5) is 24.7. The molecule has 1 aromatic heterocycles. The molecule has 2 aromatic carbocycles. The molecule has 0 aliphatic heterocycles. The molecule has 0 saturated carbocycles. The second-order valence-corrected chi connectivity index (χ2v) is 9.58. The van der Waals surface area contributed by atoms with Gasteiger partial charge in [0.15, 0.2) is 0 Å². The summed E-state index contributed by atoms with van der Waals surface area (Å²) in [7, 11) is 0. The maximum atomic E-state index is 13.2. The maximum Gasteiger partial charge on any atom is 0.346 e. The molecule has 0 aliphatic carbocycles. The first-order chi connectivity index (χ1) is 15.7. The van der Waals surface area contributed by atoms with Gasteiger partial charge in [0.2, 0.25) is 0 Å². The van der Waals surface area contributed by atoms with E-state index in [4.69, 9.17) is 5.10 Å². The SMILES string of the molecule is CCCCCCCc1nn(C(C)(C)C)c(=O)n1Cc1ccc(-c2ccccc2C(=O)O)cc1. The number of aryl methyl sites for hydroxylation is 1. The van der Waals surface area contributed by atoms with Crippen LogP contribution >= 0.6 is 0 Å². The van der Waals surface area contributed by atoms with Crippen LogP contribution in [0.15, 0.2) is 53.3 Å². The van der Waals surface area contributed by atoms with Crippen molar-refractivity contribution in [1.29, 1.82) is 0 Å². The molecular weight excluding hydrogens is 414 g/mol. The molecule has 0 unspecified atom stereocenters. The lowest BCUT2D eigenvalue weighted by Gasteiger charge is -2.16. The van der Waals surface area contributed by atoms with Crippen LogP contribution in [0.1, 0.15) is 81.5 Å². The van der Waals surface area contributed by atoms with Gasteiger partial charge in [-0.1, -0.05) is 75.1 Å². The van der Waals surface area contributed by atoms with Crippen LogP contribution in [0, 0.1) is 0 Å². The van der Waals surface area contributed by atoms with Gasteiger partial charge in [-0.25, -0.2) is 14.3 Å². The zero-order chi connectivity index (χ0) is 24.0. The number of unbranched alkanes of at least 4 members (excludes halogenated alkanes) is 4. The highest BCUT2D eigenvalue weighted by Gasteiger charge is 2.22. The molecule has 3 aromatic rings. The number of rotatable bonds is 10. The van der Waals surface area contributed by atoms with Crippen LogP contribution in [-0.2, 0) is 18.5 Å². The van der Waals surface area contributed by atoms with Crippen LogP contribution in [0.3, 0.4) is 0 Å². The molecule has 0 radical (unpaired) electrons. The molecule has 0 aliphatic rings. The molecule has 0 bridgehead atoms. The lowest BCUT2D eigenvalue weighted by atomic mass is 9.99. The number of carbonyl (C=O) groups is 1. The van der Waals surface area contributed by atoms with Gasteiger partial charge in [0.25, 0.3) is 0 Å². The molecule has 1 N–H and O–H groups in total. The lowest BCUT2D eigenvalue weighted by Crippen LogP contribution is -2.36. The van der Waals surface area contributed by atoms with Crippen LogP contribution in [-0.4, -0.2) is 25.4 Å². The monoisotopic (exact) mass is 449 g/mol. The summed E-state index contributed by atoms with van der Waals surface area (Å²) < 4.78 is 3.37. The second-order valence-electron chi connectivity index (χ2n) is 9.58. The lowest BCUT2D eigenvalue weighted by molar-refractivity contribution is 0.0697. The van der Waals surface area contributed by atoms with E-state index in [9.17, 15) is 14.7 Å². The Morgan fingerprint density at radius 2 is 1.64 bits per heavy atom. The minimum Gasteiger partial charge on any atom is -0.478 e. The smallest absolute Gasteiger partial charge is 0.346 e. The molecule has 6 nitrogen and oxygen atoms in total. The predicted octanol–water partition coefficient (Wildman–Crippen LogP) is 5.73. The summed E-state index contributed by atoms with van der Waals surface area (Å²) in [5.74, 6) is -0.119. The molecular formula is C27H35N3O3. The topological polar surface area (TPSA) is 77.1 Å². The molecule has 33 heavy (non-hydrogen) atoms. The Kier molecular flexibility index (Phi) is 7.90. The van der Waals surface area contributed by atoms with E-state index in [-0.39, 0.29) is 16.8 Å². The zero-order valence-corrected chi connectivity index (χ0v) is 20.2. The summed E-state index contributed by atoms with van der Waals surface area (Å²) >= 11 is 0. The zero-order valence-electron chi connectivity index (χ0n) is 20.2. The van der Waals surface area contributed by atoms with E-state index in [1.165, 1.54) is 19.3 Å². The van der Waals surface area contributed by atoms with Crippen LogP contribution in [0.5, 0.6) is 0 Å². The van der Waals surface area contributed by atoms with E-state index >= 15 is 0 Å². The molecule has 0 atom stereocenters. The number of carboxylic acid groups (broad SMARTS) is 1. The van der Waals surface area contributed by atoms with Gasteiger partial charge >= 0.3 is 11.7 Å². The minimum absolute atomic E-state index is 0.0913. The predicted molar refractivity (Wildman–Crippen MR) is 132 cm³/mol. The van der Waals surface area contributed by atoms with Gasteiger partial charge in [0, 0.05) is 6.42 Å². The van der Waals surface area contributed by atoms with Crippen molar-refractivity contribution in [3.63, 3.8) is 0 Å². The van der Waals surface area contributed by atoms with E-state index in [0.717, 1.165) is 36.2 Å². The van der Waals surface area contributed by atoms with Crippen molar-refractivity contribution in [3.8, 4) is 11.1 Å². The Morgan fingerprint density at radius 1 is 0.970 bits per heavy atom. The van der Waals surface area contributed by atoms with Crippen molar-refractivity contribution in [2.45, 2.75) is 78.3 Å². The van der Waals surface area contributed by atoms with E-state index < -0.39 is 5.97 Å². The Labute approximate surface area is 195 Å². The fourth-order valence-electron chi connectivity index (χ4n) is 4.00. The van der Waals surface area contributed by atoms with Crippen molar-refractivity contribution >= 4 is 5.97 Å². The minimum atomic E-state index is -0.945. The van der Waals surface area contributed by atoms with Gasteiger partial charge in [-0.15, -0.1) is 0 Å². The molecule has 0 spiro atoms. The van der Waals surface area contributed by atoms with E-state index in [1.54, 1.807) is 21.4 Å². The van der Waals surface area contributed by atoms with E-state index in [1.807, 2.05) is 57.2 Å². The molecule has 1 heterocycles. The van der Waals surface area contributed by atoms with Gasteiger partial charge < -0.3 is 5.11 Å². The Bertz CT molecular complexity index is 1130. The summed E-state index contributed by atoms with van der Waals surface area (Å²) in [6.07, 6.45) is 6.59. The van der Waals surface area contributed by atoms with Crippen LogP contribution < -0.4 is 5.69 Å².